The number of piperidine rings is 1. The molecule has 1 fully saturated rings. The van der Waals surface area contributed by atoms with Crippen molar-refractivity contribution in [2.45, 2.75) is 35.0 Å². The lowest BCUT2D eigenvalue weighted by atomic mass is 9.74. The second-order valence-corrected chi connectivity index (χ2v) is 12.1. The number of carbonyl (C=O) groups excluding carboxylic acids is 1. The zero-order chi connectivity index (χ0) is 29.3. The molecule has 1 saturated heterocycles. The van der Waals surface area contributed by atoms with Gasteiger partial charge in [0.1, 0.15) is 17.5 Å². The third-order valence-electron chi connectivity index (χ3n) is 8.17. The van der Waals surface area contributed by atoms with E-state index >= 15 is 0 Å². The maximum atomic E-state index is 14.0. The lowest BCUT2D eigenvalue weighted by molar-refractivity contribution is 0.0977. The number of fused-ring (bicyclic) bond motifs is 2. The molecule has 0 bridgehead atoms. The molecule has 3 heterocycles. The number of likely N-dealkylation sites (tertiary alicyclic amines) is 1. The van der Waals surface area contributed by atoms with E-state index in [0.717, 1.165) is 58.7 Å². The molecule has 1 amide bonds. The topological polar surface area (TPSA) is 36.4 Å². The number of anilines is 1. The van der Waals surface area contributed by atoms with Gasteiger partial charge in [-0.05, 0) is 105 Å². The molecular weight excluding hydrogens is 555 g/mol. The molecule has 42 heavy (non-hydrogen) atoms. The van der Waals surface area contributed by atoms with Crippen molar-refractivity contribution in [3.63, 3.8) is 0 Å². The van der Waals surface area contributed by atoms with E-state index in [2.05, 4.69) is 16.0 Å². The molecular formula is C34H30F3N3OS. The van der Waals surface area contributed by atoms with Crippen molar-refractivity contribution in [3.05, 3.63) is 125 Å². The van der Waals surface area contributed by atoms with Gasteiger partial charge < -0.3 is 4.90 Å². The van der Waals surface area contributed by atoms with Crippen LogP contribution >= 0.6 is 11.8 Å². The smallest absolute Gasteiger partial charge is 0.258 e. The molecule has 2 aliphatic heterocycles. The highest BCUT2D eigenvalue weighted by atomic mass is 32.2. The van der Waals surface area contributed by atoms with Crippen molar-refractivity contribution in [1.82, 2.24) is 9.88 Å². The van der Waals surface area contributed by atoms with Gasteiger partial charge >= 0.3 is 0 Å². The summed E-state index contributed by atoms with van der Waals surface area (Å²) in [6, 6.07) is 19.9. The first-order chi connectivity index (χ1) is 20.3. The van der Waals surface area contributed by atoms with Crippen LogP contribution in [-0.4, -0.2) is 42.0 Å². The van der Waals surface area contributed by atoms with Crippen LogP contribution in [0, 0.1) is 24.4 Å². The second-order valence-electron chi connectivity index (χ2n) is 11.0. The number of nitrogens with zero attached hydrogens (tertiary/aromatic N) is 3. The molecule has 4 aromatic rings. The van der Waals surface area contributed by atoms with Crippen LogP contribution in [0.4, 0.5) is 18.9 Å². The van der Waals surface area contributed by atoms with Crippen molar-refractivity contribution < 1.29 is 18.0 Å². The van der Waals surface area contributed by atoms with Crippen molar-refractivity contribution in [3.8, 4) is 0 Å². The number of hydrogen-bond donors (Lipinski definition) is 0. The molecule has 1 aromatic heterocycles. The number of pyridine rings is 1. The zero-order valence-electron chi connectivity index (χ0n) is 23.2. The van der Waals surface area contributed by atoms with Crippen LogP contribution in [0.25, 0.3) is 6.08 Å². The fourth-order valence-corrected chi connectivity index (χ4v) is 6.78. The molecule has 6 rings (SSSR count). The summed E-state index contributed by atoms with van der Waals surface area (Å²) in [6.45, 7) is 4.77. The van der Waals surface area contributed by atoms with Gasteiger partial charge in [0.15, 0.2) is 0 Å². The summed E-state index contributed by atoms with van der Waals surface area (Å²) in [5.41, 5.74) is 3.67. The Hall–Kier alpha value is -3.88. The second kappa shape index (κ2) is 11.8. The molecule has 214 valence electrons. The Labute approximate surface area is 247 Å². The quantitative estimate of drug-likeness (QED) is 0.233. The Morgan fingerprint density at radius 1 is 0.929 bits per heavy atom. The lowest BCUT2D eigenvalue weighted by Crippen LogP contribution is -2.46. The summed E-state index contributed by atoms with van der Waals surface area (Å²) < 4.78 is 40.7. The van der Waals surface area contributed by atoms with Crippen LogP contribution < -0.4 is 4.90 Å². The molecule has 2 aliphatic rings. The standard InChI is InChI=1S/C34H30F3N3OS/c1-23-19-25(12-15-38-23)33(41)40-22-34(30-21-29(10-11-32(30)40)42-28-8-6-26(35)7-9-28)13-17-39(18-14-34)16-2-3-24-4-5-27(36)20-31(24)37/h2-12,15,19-21H,13-14,16-18,22H2,1H3/b3-2+. The van der Waals surface area contributed by atoms with Crippen LogP contribution in [0.3, 0.4) is 0 Å². The lowest BCUT2D eigenvalue weighted by Gasteiger charge is -2.39. The minimum absolute atomic E-state index is 0.0377. The van der Waals surface area contributed by atoms with E-state index in [1.165, 1.54) is 24.3 Å². The highest BCUT2D eigenvalue weighted by Gasteiger charge is 2.46. The predicted molar refractivity (Wildman–Crippen MR) is 160 cm³/mol. The fourth-order valence-electron chi connectivity index (χ4n) is 5.92. The van der Waals surface area contributed by atoms with Gasteiger partial charge in [-0.1, -0.05) is 23.9 Å². The van der Waals surface area contributed by atoms with Gasteiger partial charge in [0.25, 0.3) is 5.91 Å². The van der Waals surface area contributed by atoms with E-state index < -0.39 is 11.6 Å². The SMILES string of the molecule is Cc1cc(C(=O)N2CC3(CCN(C/C=C/c4ccc(F)cc4F)CC3)c3cc(Sc4ccc(F)cc4)ccc32)ccn1. The highest BCUT2D eigenvalue weighted by molar-refractivity contribution is 7.99. The normalized spacial score (nSPS) is 16.3. The van der Waals surface area contributed by atoms with E-state index in [0.29, 0.717) is 24.2 Å². The van der Waals surface area contributed by atoms with Gasteiger partial charge in [0.2, 0.25) is 0 Å². The molecule has 0 N–H and O–H groups in total. The summed E-state index contributed by atoms with van der Waals surface area (Å²) in [7, 11) is 0. The monoisotopic (exact) mass is 585 g/mol. The number of hydrogen-bond acceptors (Lipinski definition) is 4. The van der Waals surface area contributed by atoms with Crippen LogP contribution in [0.5, 0.6) is 0 Å². The summed E-state index contributed by atoms with van der Waals surface area (Å²) in [6.07, 6.45) is 7.00. The number of amides is 1. The third-order valence-corrected chi connectivity index (χ3v) is 9.16. The Morgan fingerprint density at radius 2 is 1.67 bits per heavy atom. The van der Waals surface area contributed by atoms with Gasteiger partial charge in [-0.3, -0.25) is 14.7 Å². The first-order valence-corrected chi connectivity index (χ1v) is 14.8. The van der Waals surface area contributed by atoms with E-state index in [4.69, 9.17) is 0 Å². The van der Waals surface area contributed by atoms with Gasteiger partial charge in [0, 0.05) is 63.1 Å². The summed E-state index contributed by atoms with van der Waals surface area (Å²) in [5, 5.41) is 0. The van der Waals surface area contributed by atoms with Crippen molar-refractivity contribution >= 4 is 29.4 Å². The molecule has 0 atom stereocenters. The number of aromatic nitrogens is 1. The Morgan fingerprint density at radius 3 is 2.40 bits per heavy atom. The Balaban J connectivity index is 1.24. The molecule has 1 spiro atoms. The maximum absolute atomic E-state index is 14.0. The van der Waals surface area contributed by atoms with E-state index in [-0.39, 0.29) is 17.1 Å². The molecule has 8 heteroatoms. The summed E-state index contributed by atoms with van der Waals surface area (Å²) in [5.74, 6) is -1.47. The van der Waals surface area contributed by atoms with Crippen LogP contribution in [-0.2, 0) is 5.41 Å². The predicted octanol–water partition coefficient (Wildman–Crippen LogP) is 7.67. The first-order valence-electron chi connectivity index (χ1n) is 14.0. The third kappa shape index (κ3) is 5.87. The van der Waals surface area contributed by atoms with Gasteiger partial charge in [-0.15, -0.1) is 0 Å². The van der Waals surface area contributed by atoms with Gasteiger partial charge in [0.05, 0.1) is 0 Å². The van der Waals surface area contributed by atoms with Crippen molar-refractivity contribution in [2.24, 2.45) is 0 Å². The van der Waals surface area contributed by atoms with Crippen LogP contribution in [0.15, 0.2) is 94.9 Å². The summed E-state index contributed by atoms with van der Waals surface area (Å²) in [4.78, 5) is 24.2. The van der Waals surface area contributed by atoms with Gasteiger partial charge in [-0.2, -0.15) is 0 Å². The Bertz CT molecular complexity index is 1650. The molecule has 4 nitrogen and oxygen atoms in total. The number of halogens is 3. The molecule has 0 radical (unpaired) electrons. The molecule has 0 unspecified atom stereocenters. The molecule has 0 saturated carbocycles. The zero-order valence-corrected chi connectivity index (χ0v) is 24.0. The van der Waals surface area contributed by atoms with Crippen LogP contribution in [0.2, 0.25) is 0 Å². The molecule has 3 aromatic carbocycles. The summed E-state index contributed by atoms with van der Waals surface area (Å²) >= 11 is 1.58. The fraction of sp³-hybridized carbons (Fsp3) is 0.235. The average molecular weight is 586 g/mol. The van der Waals surface area contributed by atoms with E-state index in [9.17, 15) is 18.0 Å². The van der Waals surface area contributed by atoms with Crippen molar-refractivity contribution in [2.75, 3.05) is 31.1 Å². The Kier molecular flexibility index (Phi) is 7.92. The van der Waals surface area contributed by atoms with Crippen LogP contribution in [0.1, 0.15) is 40.0 Å². The largest absolute Gasteiger partial charge is 0.307 e. The van der Waals surface area contributed by atoms with E-state index in [1.807, 2.05) is 36.1 Å². The number of rotatable bonds is 6. The maximum Gasteiger partial charge on any atom is 0.258 e. The van der Waals surface area contributed by atoms with Gasteiger partial charge in [-0.25, -0.2) is 13.2 Å². The minimum Gasteiger partial charge on any atom is -0.307 e. The highest BCUT2D eigenvalue weighted by Crippen LogP contribution is 2.49. The number of benzene rings is 3. The minimum atomic E-state index is -0.589. The van der Waals surface area contributed by atoms with E-state index in [1.54, 1.807) is 42.2 Å². The first kappa shape index (κ1) is 28.2. The average Bonchev–Trinajstić information content (AvgIpc) is 3.29. The van der Waals surface area contributed by atoms with Crippen molar-refractivity contribution in [1.29, 1.82) is 0 Å². The number of aryl methyl sites for hydroxylation is 1. The molecule has 0 aliphatic carbocycles. The number of carbonyl (C=O) groups is 1.